The van der Waals surface area contributed by atoms with Crippen molar-refractivity contribution in [3.63, 3.8) is 0 Å². The first-order valence-electron chi connectivity index (χ1n) is 5.64. The topological polar surface area (TPSA) is 3.24 Å². The van der Waals surface area contributed by atoms with Crippen LogP contribution in [0, 0.1) is 0 Å². The maximum atomic E-state index is 5.70. The Hall–Kier alpha value is 0.250. The predicted molar refractivity (Wildman–Crippen MR) is 59.5 cm³/mol. The summed E-state index contributed by atoms with van der Waals surface area (Å²) < 4.78 is 0. The highest BCUT2D eigenvalue weighted by molar-refractivity contribution is 6.17. The average Bonchev–Trinajstić information content (AvgIpc) is 2.42. The average molecular weight is 204 g/mol. The number of alkyl halides is 1. The number of hydrogen-bond acceptors (Lipinski definition) is 1. The summed E-state index contributed by atoms with van der Waals surface area (Å²) in [4.78, 5) is 2.64. The van der Waals surface area contributed by atoms with Crippen LogP contribution in [0.2, 0.25) is 0 Å². The minimum atomic E-state index is 0.747. The first kappa shape index (κ1) is 11.3. The van der Waals surface area contributed by atoms with Gasteiger partial charge in [-0.25, -0.2) is 0 Å². The monoisotopic (exact) mass is 203 g/mol. The van der Waals surface area contributed by atoms with Crippen LogP contribution in [0.5, 0.6) is 0 Å². The molecule has 1 atom stereocenters. The molecule has 0 radical (unpaired) electrons. The van der Waals surface area contributed by atoms with Gasteiger partial charge in [-0.2, -0.15) is 0 Å². The summed E-state index contributed by atoms with van der Waals surface area (Å²) in [5.74, 6) is 0.818. The van der Waals surface area contributed by atoms with E-state index in [1.165, 1.54) is 51.6 Å². The lowest BCUT2D eigenvalue weighted by Gasteiger charge is -2.27. The van der Waals surface area contributed by atoms with Gasteiger partial charge >= 0.3 is 0 Å². The minimum absolute atomic E-state index is 0.747. The van der Waals surface area contributed by atoms with Crippen molar-refractivity contribution in [2.24, 2.45) is 0 Å². The smallest absolute Gasteiger partial charge is 0.0224 e. The second-order valence-electron chi connectivity index (χ2n) is 4.13. The Labute approximate surface area is 87.4 Å². The number of nitrogens with zero attached hydrogens (tertiary/aromatic N) is 1. The van der Waals surface area contributed by atoms with Crippen molar-refractivity contribution in [2.45, 2.75) is 51.5 Å². The van der Waals surface area contributed by atoms with Crippen LogP contribution in [0.4, 0.5) is 0 Å². The summed E-state index contributed by atoms with van der Waals surface area (Å²) in [7, 11) is 0. The fourth-order valence-electron chi connectivity index (χ4n) is 2.09. The van der Waals surface area contributed by atoms with Gasteiger partial charge in [0.05, 0.1) is 0 Å². The van der Waals surface area contributed by atoms with Gasteiger partial charge in [-0.3, -0.25) is 0 Å². The molecular weight excluding hydrogens is 182 g/mol. The highest BCUT2D eigenvalue weighted by Crippen LogP contribution is 2.15. The summed E-state index contributed by atoms with van der Waals surface area (Å²) in [5, 5.41) is 0. The van der Waals surface area contributed by atoms with Crippen LogP contribution in [0.15, 0.2) is 0 Å². The van der Waals surface area contributed by atoms with Crippen molar-refractivity contribution in [3.05, 3.63) is 0 Å². The fourth-order valence-corrected chi connectivity index (χ4v) is 2.25. The lowest BCUT2D eigenvalue weighted by molar-refractivity contribution is 0.206. The quantitative estimate of drug-likeness (QED) is 0.634. The SMILES string of the molecule is C[C@H](CCCCl)N1CCCCCC1. The van der Waals surface area contributed by atoms with Crippen LogP contribution < -0.4 is 0 Å². The highest BCUT2D eigenvalue weighted by atomic mass is 35.5. The van der Waals surface area contributed by atoms with Gasteiger partial charge in [0, 0.05) is 11.9 Å². The number of halogens is 1. The highest BCUT2D eigenvalue weighted by Gasteiger charge is 2.14. The van der Waals surface area contributed by atoms with Crippen molar-refractivity contribution in [1.29, 1.82) is 0 Å². The molecular formula is C11H22ClN. The van der Waals surface area contributed by atoms with Gasteiger partial charge in [0.25, 0.3) is 0 Å². The zero-order chi connectivity index (χ0) is 9.52. The Morgan fingerprint density at radius 1 is 1.15 bits per heavy atom. The molecule has 0 saturated carbocycles. The van der Waals surface area contributed by atoms with E-state index in [2.05, 4.69) is 11.8 Å². The van der Waals surface area contributed by atoms with E-state index >= 15 is 0 Å². The van der Waals surface area contributed by atoms with E-state index in [1.54, 1.807) is 0 Å². The van der Waals surface area contributed by atoms with Gasteiger partial charge in [0.2, 0.25) is 0 Å². The van der Waals surface area contributed by atoms with Crippen molar-refractivity contribution in [3.8, 4) is 0 Å². The standard InChI is InChI=1S/C11H22ClN/c1-11(7-6-8-12)13-9-4-2-3-5-10-13/h11H,2-10H2,1H3/t11-/m1/s1. The summed E-state index contributed by atoms with van der Waals surface area (Å²) in [6, 6.07) is 0.747. The molecule has 1 aliphatic rings. The first-order chi connectivity index (χ1) is 6.34. The third kappa shape index (κ3) is 4.33. The third-order valence-corrected chi connectivity index (χ3v) is 3.29. The first-order valence-corrected chi connectivity index (χ1v) is 6.18. The molecule has 1 heterocycles. The molecule has 0 aromatic carbocycles. The van der Waals surface area contributed by atoms with Gasteiger partial charge in [-0.1, -0.05) is 12.8 Å². The molecule has 0 aromatic heterocycles. The van der Waals surface area contributed by atoms with E-state index < -0.39 is 0 Å². The predicted octanol–water partition coefficient (Wildman–Crippen LogP) is 3.27. The van der Waals surface area contributed by atoms with Crippen LogP contribution in [0.25, 0.3) is 0 Å². The van der Waals surface area contributed by atoms with E-state index in [-0.39, 0.29) is 0 Å². The van der Waals surface area contributed by atoms with Gasteiger partial charge in [-0.05, 0) is 45.7 Å². The maximum absolute atomic E-state index is 5.70. The molecule has 13 heavy (non-hydrogen) atoms. The maximum Gasteiger partial charge on any atom is 0.0224 e. The molecule has 1 rings (SSSR count). The van der Waals surface area contributed by atoms with E-state index in [4.69, 9.17) is 11.6 Å². The minimum Gasteiger partial charge on any atom is -0.301 e. The Balaban J connectivity index is 2.22. The van der Waals surface area contributed by atoms with Crippen molar-refractivity contribution < 1.29 is 0 Å². The molecule has 1 fully saturated rings. The van der Waals surface area contributed by atoms with Gasteiger partial charge in [0.15, 0.2) is 0 Å². The van der Waals surface area contributed by atoms with Crippen LogP contribution in [0.1, 0.15) is 45.4 Å². The van der Waals surface area contributed by atoms with Crippen molar-refractivity contribution >= 4 is 11.6 Å². The fraction of sp³-hybridized carbons (Fsp3) is 1.00. The Morgan fingerprint density at radius 3 is 2.31 bits per heavy atom. The van der Waals surface area contributed by atoms with Crippen LogP contribution in [0.3, 0.4) is 0 Å². The molecule has 1 nitrogen and oxygen atoms in total. The summed E-state index contributed by atoms with van der Waals surface area (Å²) in [5.41, 5.74) is 0. The van der Waals surface area contributed by atoms with E-state index in [9.17, 15) is 0 Å². The molecule has 0 aromatic rings. The molecule has 0 spiro atoms. The molecule has 0 aliphatic carbocycles. The van der Waals surface area contributed by atoms with Gasteiger partial charge in [-0.15, -0.1) is 11.6 Å². The molecule has 0 amide bonds. The summed E-state index contributed by atoms with van der Waals surface area (Å²) in [6.07, 6.45) is 8.08. The Bertz CT molecular complexity index is 119. The summed E-state index contributed by atoms with van der Waals surface area (Å²) in [6.45, 7) is 4.96. The molecule has 0 bridgehead atoms. The number of rotatable bonds is 4. The van der Waals surface area contributed by atoms with Gasteiger partial charge in [0.1, 0.15) is 0 Å². The summed E-state index contributed by atoms with van der Waals surface area (Å²) >= 11 is 5.70. The van der Waals surface area contributed by atoms with Crippen molar-refractivity contribution in [2.75, 3.05) is 19.0 Å². The Morgan fingerprint density at radius 2 is 1.77 bits per heavy atom. The number of hydrogen-bond donors (Lipinski definition) is 0. The lowest BCUT2D eigenvalue weighted by Crippen LogP contribution is -2.33. The van der Waals surface area contributed by atoms with Crippen molar-refractivity contribution in [1.82, 2.24) is 4.90 Å². The zero-order valence-electron chi connectivity index (χ0n) is 8.77. The second kappa shape index (κ2) is 6.67. The van der Waals surface area contributed by atoms with E-state index in [1.807, 2.05) is 0 Å². The van der Waals surface area contributed by atoms with E-state index in [0.717, 1.165) is 11.9 Å². The van der Waals surface area contributed by atoms with Crippen LogP contribution in [-0.4, -0.2) is 29.9 Å². The zero-order valence-corrected chi connectivity index (χ0v) is 9.52. The molecule has 1 aliphatic heterocycles. The molecule has 0 N–H and O–H groups in total. The molecule has 1 saturated heterocycles. The largest absolute Gasteiger partial charge is 0.301 e. The van der Waals surface area contributed by atoms with Gasteiger partial charge < -0.3 is 4.90 Å². The normalized spacial score (nSPS) is 22.6. The van der Waals surface area contributed by atoms with Crippen LogP contribution in [-0.2, 0) is 0 Å². The number of likely N-dealkylation sites (tertiary alicyclic amines) is 1. The van der Waals surface area contributed by atoms with E-state index in [0.29, 0.717) is 0 Å². The lowest BCUT2D eigenvalue weighted by atomic mass is 10.1. The second-order valence-corrected chi connectivity index (χ2v) is 4.51. The molecule has 2 heteroatoms. The van der Waals surface area contributed by atoms with Crippen LogP contribution >= 0.6 is 11.6 Å². The third-order valence-electron chi connectivity index (χ3n) is 3.02. The Kier molecular flexibility index (Phi) is 5.81. The molecule has 0 unspecified atom stereocenters. The molecule has 78 valence electrons.